The number of nitrogens with zero attached hydrogens (tertiary/aromatic N) is 3. The number of aromatic nitrogens is 2. The minimum absolute atomic E-state index is 0.118. The highest BCUT2D eigenvalue weighted by molar-refractivity contribution is 6.30. The predicted octanol–water partition coefficient (Wildman–Crippen LogP) is 3.48. The quantitative estimate of drug-likeness (QED) is 0.606. The largest absolute Gasteiger partial charge is 0.493 e. The monoisotopic (exact) mass is 412 g/mol. The Labute approximate surface area is 172 Å². The first-order valence-electron chi connectivity index (χ1n) is 9.18. The van der Waals surface area contributed by atoms with Crippen LogP contribution in [0.3, 0.4) is 0 Å². The fraction of sp³-hybridized carbons (Fsp3) is 0.190. The second kappa shape index (κ2) is 8.79. The molecule has 0 bridgehead atoms. The van der Waals surface area contributed by atoms with Crippen molar-refractivity contribution in [2.75, 3.05) is 18.0 Å². The van der Waals surface area contributed by atoms with Crippen LogP contribution in [-0.4, -0.2) is 34.0 Å². The van der Waals surface area contributed by atoms with E-state index in [1.54, 1.807) is 24.3 Å². The predicted molar refractivity (Wildman–Crippen MR) is 117 cm³/mol. The van der Waals surface area contributed by atoms with E-state index >= 15 is 0 Å². The van der Waals surface area contributed by atoms with Crippen LogP contribution in [0.25, 0.3) is 5.69 Å². The number of hydrogen-bond donors (Lipinski definition) is 2. The third-order valence-corrected chi connectivity index (χ3v) is 4.78. The summed E-state index contributed by atoms with van der Waals surface area (Å²) in [6.07, 6.45) is 1.24. The number of benzene rings is 2. The standard InChI is InChI=1S/C21H21ClN4O3/c1-3-25(4-2)16-11-7-15(8-12-16)23-13-18-19(27)24-21(29)26(20(18)28)17-9-5-14(22)6-10-17/h5-13,28H,3-4H2,1-2H3,(H,24,27,29). The lowest BCUT2D eigenvalue weighted by Gasteiger charge is -2.20. The van der Waals surface area contributed by atoms with Gasteiger partial charge in [-0.1, -0.05) is 11.6 Å². The lowest BCUT2D eigenvalue weighted by Crippen LogP contribution is -2.31. The maximum Gasteiger partial charge on any atom is 0.335 e. The highest BCUT2D eigenvalue weighted by Crippen LogP contribution is 2.21. The van der Waals surface area contributed by atoms with Gasteiger partial charge in [-0.15, -0.1) is 0 Å². The van der Waals surface area contributed by atoms with E-state index in [9.17, 15) is 14.7 Å². The summed E-state index contributed by atoms with van der Waals surface area (Å²) in [6.45, 7) is 5.96. The summed E-state index contributed by atoms with van der Waals surface area (Å²) in [4.78, 5) is 33.1. The van der Waals surface area contributed by atoms with E-state index in [2.05, 4.69) is 28.7 Å². The highest BCUT2D eigenvalue weighted by Gasteiger charge is 2.14. The zero-order valence-electron chi connectivity index (χ0n) is 16.1. The van der Waals surface area contributed by atoms with Gasteiger partial charge in [-0.2, -0.15) is 0 Å². The molecule has 0 saturated carbocycles. The molecule has 0 aliphatic rings. The van der Waals surface area contributed by atoms with Crippen LogP contribution < -0.4 is 16.1 Å². The van der Waals surface area contributed by atoms with Gasteiger partial charge in [0.2, 0.25) is 5.88 Å². The summed E-state index contributed by atoms with van der Waals surface area (Å²) >= 11 is 5.87. The Bertz CT molecular complexity index is 1130. The second-order valence-corrected chi connectivity index (χ2v) is 6.69. The van der Waals surface area contributed by atoms with E-state index in [0.717, 1.165) is 23.3 Å². The van der Waals surface area contributed by atoms with E-state index < -0.39 is 17.1 Å². The van der Waals surface area contributed by atoms with Crippen LogP contribution in [0.15, 0.2) is 63.1 Å². The molecule has 0 unspecified atom stereocenters. The van der Waals surface area contributed by atoms with Crippen LogP contribution in [-0.2, 0) is 0 Å². The number of rotatable bonds is 6. The molecule has 150 valence electrons. The molecule has 0 spiro atoms. The van der Waals surface area contributed by atoms with Gasteiger partial charge in [0.05, 0.1) is 11.4 Å². The van der Waals surface area contributed by atoms with Crippen LogP contribution in [0.4, 0.5) is 11.4 Å². The number of aromatic hydroxyl groups is 1. The Hall–Kier alpha value is -3.32. The van der Waals surface area contributed by atoms with Gasteiger partial charge in [-0.3, -0.25) is 14.8 Å². The molecule has 7 nitrogen and oxygen atoms in total. The number of aromatic amines is 1. The average molecular weight is 413 g/mol. The fourth-order valence-corrected chi connectivity index (χ4v) is 3.09. The Morgan fingerprint density at radius 1 is 1.07 bits per heavy atom. The Balaban J connectivity index is 1.97. The van der Waals surface area contributed by atoms with Crippen molar-refractivity contribution < 1.29 is 5.11 Å². The summed E-state index contributed by atoms with van der Waals surface area (Å²) in [5, 5.41) is 11.0. The number of halogens is 1. The molecule has 0 radical (unpaired) electrons. The molecule has 3 rings (SSSR count). The summed E-state index contributed by atoms with van der Waals surface area (Å²) in [7, 11) is 0. The molecule has 0 fully saturated rings. The Kier molecular flexibility index (Phi) is 6.19. The third-order valence-electron chi connectivity index (χ3n) is 4.53. The number of hydrogen-bond acceptors (Lipinski definition) is 5. The van der Waals surface area contributed by atoms with Gasteiger partial charge in [0.1, 0.15) is 5.56 Å². The van der Waals surface area contributed by atoms with Crippen molar-refractivity contribution >= 4 is 29.2 Å². The van der Waals surface area contributed by atoms with Crippen LogP contribution in [0, 0.1) is 0 Å². The molecule has 3 aromatic rings. The van der Waals surface area contributed by atoms with Crippen molar-refractivity contribution in [3.8, 4) is 11.6 Å². The van der Waals surface area contributed by atoms with Gasteiger partial charge in [0.25, 0.3) is 5.56 Å². The summed E-state index contributed by atoms with van der Waals surface area (Å²) in [5.74, 6) is -0.496. The van der Waals surface area contributed by atoms with Crippen LogP contribution in [0.2, 0.25) is 5.02 Å². The Morgan fingerprint density at radius 3 is 2.28 bits per heavy atom. The maximum atomic E-state index is 12.2. The number of nitrogens with one attached hydrogen (secondary N) is 1. The van der Waals surface area contributed by atoms with E-state index in [4.69, 9.17) is 11.6 Å². The van der Waals surface area contributed by atoms with Gasteiger partial charge in [-0.05, 0) is 62.4 Å². The lowest BCUT2D eigenvalue weighted by atomic mass is 10.2. The van der Waals surface area contributed by atoms with Crippen molar-refractivity contribution in [2.45, 2.75) is 13.8 Å². The van der Waals surface area contributed by atoms with Crippen LogP contribution in [0.1, 0.15) is 19.4 Å². The van der Waals surface area contributed by atoms with E-state index in [1.165, 1.54) is 6.21 Å². The smallest absolute Gasteiger partial charge is 0.335 e. The van der Waals surface area contributed by atoms with E-state index in [0.29, 0.717) is 16.4 Å². The number of aliphatic imine (C=N–C) groups is 1. The van der Waals surface area contributed by atoms with Gasteiger partial charge in [0, 0.05) is 30.0 Å². The van der Waals surface area contributed by atoms with E-state index in [1.807, 2.05) is 24.3 Å². The number of anilines is 1. The van der Waals surface area contributed by atoms with Gasteiger partial charge >= 0.3 is 5.69 Å². The molecule has 29 heavy (non-hydrogen) atoms. The minimum atomic E-state index is -0.754. The molecule has 0 amide bonds. The van der Waals surface area contributed by atoms with Crippen molar-refractivity contribution in [2.24, 2.45) is 4.99 Å². The normalized spacial score (nSPS) is 11.1. The summed E-state index contributed by atoms with van der Waals surface area (Å²) in [5.41, 5.74) is 0.463. The van der Waals surface area contributed by atoms with E-state index in [-0.39, 0.29) is 5.56 Å². The minimum Gasteiger partial charge on any atom is -0.493 e. The first kappa shape index (κ1) is 20.4. The SMILES string of the molecule is CCN(CC)c1ccc(N=Cc2c(O)n(-c3ccc(Cl)cc3)c(=O)[nH]c2=O)cc1. The summed E-state index contributed by atoms with van der Waals surface area (Å²) < 4.78 is 0.989. The molecule has 2 N–H and O–H groups in total. The van der Waals surface area contributed by atoms with Crippen molar-refractivity contribution in [3.05, 3.63) is 80.0 Å². The molecule has 1 aromatic heterocycles. The molecule has 1 heterocycles. The molecule has 2 aromatic carbocycles. The maximum absolute atomic E-state index is 12.2. The van der Waals surface area contributed by atoms with Gasteiger partial charge < -0.3 is 10.0 Å². The highest BCUT2D eigenvalue weighted by atomic mass is 35.5. The molecule has 0 saturated heterocycles. The molecular formula is C21H21ClN4O3. The topological polar surface area (TPSA) is 90.7 Å². The second-order valence-electron chi connectivity index (χ2n) is 6.26. The average Bonchev–Trinajstić information content (AvgIpc) is 2.71. The third kappa shape index (κ3) is 4.41. The van der Waals surface area contributed by atoms with Crippen molar-refractivity contribution in [3.63, 3.8) is 0 Å². The first-order valence-corrected chi connectivity index (χ1v) is 9.55. The summed E-state index contributed by atoms with van der Waals surface area (Å²) in [6, 6.07) is 13.8. The molecule has 0 aliphatic carbocycles. The van der Waals surface area contributed by atoms with Crippen molar-refractivity contribution in [1.82, 2.24) is 9.55 Å². The molecule has 0 aliphatic heterocycles. The molecular weight excluding hydrogens is 392 g/mol. The molecule has 8 heteroatoms. The lowest BCUT2D eigenvalue weighted by molar-refractivity contribution is 0.430. The first-order chi connectivity index (χ1) is 13.9. The number of H-pyrrole nitrogens is 1. The fourth-order valence-electron chi connectivity index (χ4n) is 2.96. The van der Waals surface area contributed by atoms with Crippen molar-refractivity contribution in [1.29, 1.82) is 0 Å². The molecule has 0 atom stereocenters. The van der Waals surface area contributed by atoms with Gasteiger partial charge in [-0.25, -0.2) is 9.36 Å². The van der Waals surface area contributed by atoms with Crippen LogP contribution in [0.5, 0.6) is 5.88 Å². The Morgan fingerprint density at radius 2 is 1.69 bits per heavy atom. The van der Waals surface area contributed by atoms with Gasteiger partial charge in [0.15, 0.2) is 0 Å². The zero-order chi connectivity index (χ0) is 21.0. The van der Waals surface area contributed by atoms with Crippen LogP contribution >= 0.6 is 11.6 Å². The zero-order valence-corrected chi connectivity index (χ0v) is 16.8.